The Labute approximate surface area is 162 Å². The summed E-state index contributed by atoms with van der Waals surface area (Å²) >= 11 is 5.87. The van der Waals surface area contributed by atoms with Gasteiger partial charge in [-0.05, 0) is 42.3 Å². The average molecular weight is 398 g/mol. The lowest BCUT2D eigenvalue weighted by Gasteiger charge is -2.16. The van der Waals surface area contributed by atoms with E-state index in [0.717, 1.165) is 5.56 Å². The van der Waals surface area contributed by atoms with Crippen LogP contribution in [0, 0.1) is 0 Å². The molecule has 0 radical (unpaired) electrons. The molecule has 0 amide bonds. The lowest BCUT2D eigenvalue weighted by atomic mass is 10.1. The lowest BCUT2D eigenvalue weighted by molar-refractivity contribution is -0.0498. The van der Waals surface area contributed by atoms with Gasteiger partial charge in [-0.3, -0.25) is 0 Å². The summed E-state index contributed by atoms with van der Waals surface area (Å²) in [6.45, 7) is 0.408. The van der Waals surface area contributed by atoms with Crippen molar-refractivity contribution in [2.75, 3.05) is 13.1 Å². The number of aliphatic hydroxyl groups is 1. The van der Waals surface area contributed by atoms with Crippen molar-refractivity contribution in [3.63, 3.8) is 0 Å². The molecule has 0 saturated carbocycles. The molecule has 3 N–H and O–H groups in total. The number of nitrogens with zero attached hydrogens (tertiary/aromatic N) is 1. The summed E-state index contributed by atoms with van der Waals surface area (Å²) in [5, 5.41) is 17.1. The number of hydrogen-bond acceptors (Lipinski definition) is 3. The van der Waals surface area contributed by atoms with Crippen LogP contribution < -0.4 is 15.4 Å². The fourth-order valence-electron chi connectivity index (χ4n) is 2.28. The van der Waals surface area contributed by atoms with Gasteiger partial charge in [0.05, 0.1) is 12.6 Å². The number of alkyl halides is 2. The number of aliphatic hydroxyl groups excluding tert-OH is 1. The van der Waals surface area contributed by atoms with Gasteiger partial charge in [-0.15, -0.1) is 0 Å². The van der Waals surface area contributed by atoms with E-state index >= 15 is 0 Å². The molecule has 2 rings (SSSR count). The van der Waals surface area contributed by atoms with Crippen LogP contribution in [0.1, 0.15) is 24.2 Å². The molecular weight excluding hydrogens is 376 g/mol. The fourth-order valence-corrected chi connectivity index (χ4v) is 2.41. The molecule has 8 heteroatoms. The maximum absolute atomic E-state index is 12.2. The molecule has 146 valence electrons. The van der Waals surface area contributed by atoms with Crippen molar-refractivity contribution in [1.82, 2.24) is 10.6 Å². The second-order valence-electron chi connectivity index (χ2n) is 5.67. The van der Waals surface area contributed by atoms with Gasteiger partial charge in [-0.1, -0.05) is 35.9 Å². The third-order valence-electron chi connectivity index (χ3n) is 3.63. The highest BCUT2D eigenvalue weighted by molar-refractivity contribution is 6.30. The molecule has 0 fully saturated rings. The van der Waals surface area contributed by atoms with Gasteiger partial charge in [-0.25, -0.2) is 4.99 Å². The number of guanidine groups is 1. The topological polar surface area (TPSA) is 65.9 Å². The first-order valence-corrected chi connectivity index (χ1v) is 8.85. The van der Waals surface area contributed by atoms with Gasteiger partial charge < -0.3 is 20.5 Å². The number of aliphatic imine (C=N–C) groups is 1. The standard InChI is InChI=1S/C19H22ClF2N3O2/c1-2-23-19(24-11-13-3-7-15(20)8-4-13)25-12-17(26)14-5-9-16(10-6-14)27-18(21)22/h3-10,17-18,26H,2,11-12H2,1H3,(H2,23,24,25). The average Bonchev–Trinajstić information content (AvgIpc) is 2.65. The summed E-state index contributed by atoms with van der Waals surface area (Å²) in [7, 11) is 0. The minimum atomic E-state index is -2.87. The maximum atomic E-state index is 12.2. The minimum absolute atomic E-state index is 0.0479. The van der Waals surface area contributed by atoms with Gasteiger partial charge >= 0.3 is 6.61 Å². The highest BCUT2D eigenvalue weighted by atomic mass is 35.5. The van der Waals surface area contributed by atoms with E-state index in [4.69, 9.17) is 11.6 Å². The van der Waals surface area contributed by atoms with Crippen LogP contribution >= 0.6 is 11.6 Å². The van der Waals surface area contributed by atoms with Gasteiger partial charge in [0.1, 0.15) is 5.75 Å². The van der Waals surface area contributed by atoms with E-state index in [-0.39, 0.29) is 12.3 Å². The van der Waals surface area contributed by atoms with E-state index in [1.54, 1.807) is 24.3 Å². The lowest BCUT2D eigenvalue weighted by Crippen LogP contribution is -2.39. The van der Waals surface area contributed by atoms with E-state index in [1.165, 1.54) is 12.1 Å². The van der Waals surface area contributed by atoms with E-state index in [1.807, 2.05) is 19.1 Å². The first-order valence-electron chi connectivity index (χ1n) is 8.47. The summed E-state index contributed by atoms with van der Waals surface area (Å²) in [5.41, 5.74) is 1.59. The Bertz CT molecular complexity index is 725. The van der Waals surface area contributed by atoms with Crippen LogP contribution in [0.5, 0.6) is 5.75 Å². The zero-order valence-electron chi connectivity index (χ0n) is 14.8. The zero-order valence-corrected chi connectivity index (χ0v) is 15.6. The highest BCUT2D eigenvalue weighted by Gasteiger charge is 2.10. The Morgan fingerprint density at radius 2 is 1.78 bits per heavy atom. The molecule has 0 spiro atoms. The first-order chi connectivity index (χ1) is 13.0. The summed E-state index contributed by atoms with van der Waals surface area (Å²) in [6, 6.07) is 13.3. The summed E-state index contributed by atoms with van der Waals surface area (Å²) in [5.74, 6) is 0.607. The number of ether oxygens (including phenoxy) is 1. The van der Waals surface area contributed by atoms with E-state index in [0.29, 0.717) is 29.6 Å². The van der Waals surface area contributed by atoms with Crippen LogP contribution in [0.4, 0.5) is 8.78 Å². The van der Waals surface area contributed by atoms with Crippen LogP contribution in [-0.4, -0.2) is 30.8 Å². The fraction of sp³-hybridized carbons (Fsp3) is 0.316. The van der Waals surface area contributed by atoms with E-state index < -0.39 is 12.7 Å². The predicted molar refractivity (Wildman–Crippen MR) is 102 cm³/mol. The summed E-state index contributed by atoms with van der Waals surface area (Å²) in [4.78, 5) is 4.46. The minimum Gasteiger partial charge on any atom is -0.435 e. The normalized spacial score (nSPS) is 12.7. The molecule has 0 aliphatic rings. The molecule has 1 unspecified atom stereocenters. The van der Waals surface area contributed by atoms with Crippen molar-refractivity contribution in [3.05, 3.63) is 64.7 Å². The second-order valence-corrected chi connectivity index (χ2v) is 6.10. The Morgan fingerprint density at radius 3 is 2.37 bits per heavy atom. The number of halogens is 3. The predicted octanol–water partition coefficient (Wildman–Crippen LogP) is 3.73. The maximum Gasteiger partial charge on any atom is 0.387 e. The van der Waals surface area contributed by atoms with Crippen LogP contribution in [0.25, 0.3) is 0 Å². The zero-order chi connectivity index (χ0) is 19.6. The van der Waals surface area contributed by atoms with Gasteiger partial charge in [0.15, 0.2) is 5.96 Å². The highest BCUT2D eigenvalue weighted by Crippen LogP contribution is 2.19. The quantitative estimate of drug-likeness (QED) is 0.469. The van der Waals surface area contributed by atoms with Crippen molar-refractivity contribution in [1.29, 1.82) is 0 Å². The SMILES string of the molecule is CCNC(=NCc1ccc(Cl)cc1)NCC(O)c1ccc(OC(F)F)cc1. The Balaban J connectivity index is 1.91. The summed E-state index contributed by atoms with van der Waals surface area (Å²) in [6.07, 6.45) is -0.829. The molecule has 0 heterocycles. The molecule has 0 aliphatic heterocycles. The Kier molecular flexibility index (Phi) is 8.29. The van der Waals surface area contributed by atoms with E-state index in [2.05, 4.69) is 20.4 Å². The van der Waals surface area contributed by atoms with Gasteiger partial charge in [0.2, 0.25) is 0 Å². The monoisotopic (exact) mass is 397 g/mol. The number of benzene rings is 2. The molecule has 1 atom stereocenters. The van der Waals surface area contributed by atoms with Crippen LogP contribution in [-0.2, 0) is 6.54 Å². The molecule has 5 nitrogen and oxygen atoms in total. The number of hydrogen-bond donors (Lipinski definition) is 3. The van der Waals surface area contributed by atoms with Crippen LogP contribution in [0.15, 0.2) is 53.5 Å². The molecule has 0 saturated heterocycles. The van der Waals surface area contributed by atoms with Crippen LogP contribution in [0.3, 0.4) is 0 Å². The largest absolute Gasteiger partial charge is 0.435 e. The van der Waals surface area contributed by atoms with Crippen molar-refractivity contribution in [2.24, 2.45) is 4.99 Å². The summed E-state index contributed by atoms with van der Waals surface area (Å²) < 4.78 is 28.6. The number of rotatable bonds is 8. The third kappa shape index (κ3) is 7.40. The number of nitrogens with one attached hydrogen (secondary N) is 2. The molecular formula is C19H22ClF2N3O2. The molecule has 0 aromatic heterocycles. The second kappa shape index (κ2) is 10.7. The van der Waals surface area contributed by atoms with E-state index in [9.17, 15) is 13.9 Å². The van der Waals surface area contributed by atoms with Crippen molar-refractivity contribution < 1.29 is 18.6 Å². The van der Waals surface area contributed by atoms with Crippen LogP contribution in [0.2, 0.25) is 5.02 Å². The van der Waals surface area contributed by atoms with Gasteiger partial charge in [0, 0.05) is 18.1 Å². The molecule has 2 aromatic carbocycles. The molecule has 0 bridgehead atoms. The Hall–Kier alpha value is -2.38. The van der Waals surface area contributed by atoms with Crippen molar-refractivity contribution in [2.45, 2.75) is 26.2 Å². The first kappa shape index (κ1) is 20.9. The van der Waals surface area contributed by atoms with Crippen molar-refractivity contribution in [3.8, 4) is 5.75 Å². The van der Waals surface area contributed by atoms with Gasteiger partial charge in [0.25, 0.3) is 0 Å². The molecule has 27 heavy (non-hydrogen) atoms. The third-order valence-corrected chi connectivity index (χ3v) is 3.88. The van der Waals surface area contributed by atoms with Gasteiger partial charge in [-0.2, -0.15) is 8.78 Å². The van der Waals surface area contributed by atoms with Crippen molar-refractivity contribution >= 4 is 17.6 Å². The molecule has 2 aromatic rings. The Morgan fingerprint density at radius 1 is 1.11 bits per heavy atom. The smallest absolute Gasteiger partial charge is 0.387 e. The molecule has 0 aliphatic carbocycles.